The Bertz CT molecular complexity index is 584. The molecule has 1 aliphatic carbocycles. The van der Waals surface area contributed by atoms with Gasteiger partial charge in [0.2, 0.25) is 0 Å². The highest BCUT2D eigenvalue weighted by atomic mass is 15.3. The second-order valence-corrected chi connectivity index (χ2v) is 6.04. The highest BCUT2D eigenvalue weighted by Crippen LogP contribution is 2.29. The maximum Gasteiger partial charge on any atom is 0.0801 e. The van der Waals surface area contributed by atoms with Crippen molar-refractivity contribution in [2.45, 2.75) is 44.7 Å². The third kappa shape index (κ3) is 2.16. The van der Waals surface area contributed by atoms with Crippen LogP contribution in [-0.4, -0.2) is 27.3 Å². The molecule has 3 nitrogen and oxygen atoms in total. The average Bonchev–Trinajstić information content (AvgIpc) is 2.72. The van der Waals surface area contributed by atoms with Crippen LogP contribution >= 0.6 is 0 Å². The Balaban J connectivity index is 1.62. The summed E-state index contributed by atoms with van der Waals surface area (Å²) < 4.78 is 2.05. The van der Waals surface area contributed by atoms with E-state index in [-0.39, 0.29) is 0 Å². The van der Waals surface area contributed by atoms with Crippen LogP contribution in [0.15, 0.2) is 36.5 Å². The van der Waals surface area contributed by atoms with Gasteiger partial charge in [-0.1, -0.05) is 24.6 Å². The molecule has 0 amide bonds. The van der Waals surface area contributed by atoms with Gasteiger partial charge in [-0.05, 0) is 49.9 Å². The minimum Gasteiger partial charge on any atom is -0.294 e. The molecule has 0 spiro atoms. The topological polar surface area (TPSA) is 21.1 Å². The van der Waals surface area contributed by atoms with Crippen molar-refractivity contribution >= 4 is 0 Å². The lowest BCUT2D eigenvalue weighted by Gasteiger charge is -2.36. The number of benzene rings is 1. The van der Waals surface area contributed by atoms with Gasteiger partial charge in [0.1, 0.15) is 0 Å². The molecule has 2 aromatic rings. The van der Waals surface area contributed by atoms with Crippen molar-refractivity contribution in [3.63, 3.8) is 0 Å². The van der Waals surface area contributed by atoms with Crippen molar-refractivity contribution in [2.75, 3.05) is 6.54 Å². The molecule has 1 aromatic carbocycles. The number of hydrogen-bond acceptors (Lipinski definition) is 2. The largest absolute Gasteiger partial charge is 0.294 e. The first kappa shape index (κ1) is 12.2. The maximum atomic E-state index is 4.85. The van der Waals surface area contributed by atoms with Crippen LogP contribution in [0.3, 0.4) is 0 Å². The predicted molar refractivity (Wildman–Crippen MR) is 79.9 cm³/mol. The van der Waals surface area contributed by atoms with Crippen LogP contribution in [0.2, 0.25) is 0 Å². The van der Waals surface area contributed by atoms with E-state index < -0.39 is 0 Å². The van der Waals surface area contributed by atoms with E-state index in [2.05, 4.69) is 46.1 Å². The molecule has 0 radical (unpaired) electrons. The number of aryl methyl sites for hydroxylation is 1. The number of aromatic nitrogens is 2. The van der Waals surface area contributed by atoms with Gasteiger partial charge in [0, 0.05) is 18.8 Å². The molecule has 1 saturated carbocycles. The van der Waals surface area contributed by atoms with Crippen LogP contribution in [-0.2, 0) is 13.0 Å². The fourth-order valence-electron chi connectivity index (χ4n) is 3.31. The van der Waals surface area contributed by atoms with Gasteiger partial charge in [-0.15, -0.1) is 0 Å². The van der Waals surface area contributed by atoms with Gasteiger partial charge in [0.25, 0.3) is 0 Å². The Morgan fingerprint density at radius 1 is 1.05 bits per heavy atom. The zero-order chi connectivity index (χ0) is 13.4. The van der Waals surface area contributed by atoms with Crippen molar-refractivity contribution in [3.8, 4) is 5.69 Å². The molecule has 1 aromatic heterocycles. The summed E-state index contributed by atoms with van der Waals surface area (Å²) in [6.07, 6.45) is 8.85. The maximum absolute atomic E-state index is 4.85. The van der Waals surface area contributed by atoms with Crippen LogP contribution in [0.4, 0.5) is 0 Å². The molecule has 2 heterocycles. The first-order valence-electron chi connectivity index (χ1n) is 7.77. The molecule has 0 unspecified atom stereocenters. The zero-order valence-corrected chi connectivity index (χ0v) is 11.8. The van der Waals surface area contributed by atoms with E-state index in [1.165, 1.54) is 49.9 Å². The van der Waals surface area contributed by atoms with Crippen molar-refractivity contribution in [3.05, 3.63) is 47.8 Å². The molecule has 0 bridgehead atoms. The van der Waals surface area contributed by atoms with E-state index in [1.807, 2.05) is 0 Å². The van der Waals surface area contributed by atoms with E-state index in [1.54, 1.807) is 0 Å². The van der Waals surface area contributed by atoms with Crippen molar-refractivity contribution in [1.29, 1.82) is 0 Å². The molecular weight excluding hydrogens is 246 g/mol. The first-order chi connectivity index (χ1) is 9.90. The second-order valence-electron chi connectivity index (χ2n) is 6.04. The van der Waals surface area contributed by atoms with Gasteiger partial charge in [-0.25, -0.2) is 4.68 Å². The van der Waals surface area contributed by atoms with Gasteiger partial charge < -0.3 is 0 Å². The molecular formula is C17H21N3. The molecule has 4 rings (SSSR count). The SMILES string of the molecule is c1ccc(-n2cc3c(n2)CN(C2CCC2)CCC3)cc1. The molecule has 104 valence electrons. The van der Waals surface area contributed by atoms with E-state index in [0.29, 0.717) is 0 Å². The van der Waals surface area contributed by atoms with Crippen molar-refractivity contribution in [2.24, 2.45) is 0 Å². The fraction of sp³-hybridized carbons (Fsp3) is 0.471. The lowest BCUT2D eigenvalue weighted by molar-refractivity contribution is 0.120. The van der Waals surface area contributed by atoms with E-state index >= 15 is 0 Å². The number of para-hydroxylation sites is 1. The molecule has 2 aliphatic rings. The Labute approximate surface area is 120 Å². The van der Waals surface area contributed by atoms with Gasteiger partial charge in [-0.3, -0.25) is 4.90 Å². The van der Waals surface area contributed by atoms with Crippen LogP contribution in [0.25, 0.3) is 5.69 Å². The van der Waals surface area contributed by atoms with E-state index in [4.69, 9.17) is 5.10 Å². The normalized spacial score (nSPS) is 20.2. The van der Waals surface area contributed by atoms with Crippen LogP contribution in [0, 0.1) is 0 Å². The molecule has 0 atom stereocenters. The minimum atomic E-state index is 0.822. The van der Waals surface area contributed by atoms with E-state index in [9.17, 15) is 0 Å². The molecule has 20 heavy (non-hydrogen) atoms. The van der Waals surface area contributed by atoms with Crippen LogP contribution in [0.5, 0.6) is 0 Å². The summed E-state index contributed by atoms with van der Waals surface area (Å²) in [6, 6.07) is 11.3. The number of fused-ring (bicyclic) bond motifs is 1. The third-order valence-corrected chi connectivity index (χ3v) is 4.73. The Morgan fingerprint density at radius 3 is 2.65 bits per heavy atom. The quantitative estimate of drug-likeness (QED) is 0.833. The monoisotopic (exact) mass is 267 g/mol. The second kappa shape index (κ2) is 5.06. The number of nitrogens with zero attached hydrogens (tertiary/aromatic N) is 3. The standard InChI is InChI=1S/C17H21N3/c1-2-7-16(8-3-1)20-12-14-6-5-11-19(13-17(14)18-20)15-9-4-10-15/h1-3,7-8,12,15H,4-6,9-11,13H2. The molecule has 3 heteroatoms. The molecule has 0 saturated heterocycles. The smallest absolute Gasteiger partial charge is 0.0801 e. The number of hydrogen-bond donors (Lipinski definition) is 0. The van der Waals surface area contributed by atoms with Crippen LogP contribution < -0.4 is 0 Å². The highest BCUT2D eigenvalue weighted by Gasteiger charge is 2.27. The van der Waals surface area contributed by atoms with Gasteiger partial charge in [0.05, 0.1) is 11.4 Å². The fourth-order valence-corrected chi connectivity index (χ4v) is 3.31. The average molecular weight is 267 g/mol. The van der Waals surface area contributed by atoms with Crippen molar-refractivity contribution < 1.29 is 0 Å². The lowest BCUT2D eigenvalue weighted by Crippen LogP contribution is -2.39. The summed E-state index contributed by atoms with van der Waals surface area (Å²) in [4.78, 5) is 2.65. The Kier molecular flexibility index (Phi) is 3.07. The Hall–Kier alpha value is -1.61. The summed E-state index contributed by atoms with van der Waals surface area (Å²) in [6.45, 7) is 2.28. The molecule has 1 fully saturated rings. The van der Waals surface area contributed by atoms with Gasteiger partial charge in [-0.2, -0.15) is 5.10 Å². The lowest BCUT2D eigenvalue weighted by atomic mass is 9.91. The van der Waals surface area contributed by atoms with Crippen LogP contribution in [0.1, 0.15) is 36.9 Å². The highest BCUT2D eigenvalue weighted by molar-refractivity contribution is 5.33. The van der Waals surface area contributed by atoms with Gasteiger partial charge in [0.15, 0.2) is 0 Å². The third-order valence-electron chi connectivity index (χ3n) is 4.73. The molecule has 1 aliphatic heterocycles. The number of rotatable bonds is 2. The summed E-state index contributed by atoms with van der Waals surface area (Å²) in [7, 11) is 0. The van der Waals surface area contributed by atoms with E-state index in [0.717, 1.165) is 18.3 Å². The summed E-state index contributed by atoms with van der Waals surface area (Å²) in [5.74, 6) is 0. The first-order valence-corrected chi connectivity index (χ1v) is 7.77. The zero-order valence-electron chi connectivity index (χ0n) is 11.8. The van der Waals surface area contributed by atoms with Gasteiger partial charge >= 0.3 is 0 Å². The summed E-state index contributed by atoms with van der Waals surface area (Å²) in [5, 5.41) is 4.85. The summed E-state index contributed by atoms with van der Waals surface area (Å²) in [5.41, 5.74) is 3.89. The minimum absolute atomic E-state index is 0.822. The molecule has 0 N–H and O–H groups in total. The van der Waals surface area contributed by atoms with Crippen molar-refractivity contribution in [1.82, 2.24) is 14.7 Å². The Morgan fingerprint density at radius 2 is 1.90 bits per heavy atom. The summed E-state index contributed by atoms with van der Waals surface area (Å²) >= 11 is 0. The predicted octanol–water partition coefficient (Wildman–Crippen LogP) is 3.17.